The summed E-state index contributed by atoms with van der Waals surface area (Å²) in [6.07, 6.45) is 7.44. The van der Waals surface area contributed by atoms with Crippen LogP contribution in [0.4, 0.5) is 20.2 Å². The largest absolute Gasteiger partial charge is 0.477 e. The number of H-pyrrole nitrogens is 1. The van der Waals surface area contributed by atoms with Crippen LogP contribution in [0.25, 0.3) is 44.1 Å². The van der Waals surface area contributed by atoms with Crippen molar-refractivity contribution in [2.75, 3.05) is 56.4 Å². The number of carbonyl (C=O) groups is 1. The van der Waals surface area contributed by atoms with Gasteiger partial charge in [0.05, 0.1) is 33.1 Å². The number of carboxylic acid groups (broad SMARTS) is 1. The van der Waals surface area contributed by atoms with Crippen molar-refractivity contribution in [2.24, 2.45) is 0 Å². The lowest BCUT2D eigenvalue weighted by Gasteiger charge is -2.33. The first-order valence-corrected chi connectivity index (χ1v) is 14.1. The number of hydrogen-bond donors (Lipinski definition) is 4. The van der Waals surface area contributed by atoms with E-state index in [1.165, 1.54) is 10.9 Å². The minimum Gasteiger partial charge on any atom is -0.477 e. The van der Waals surface area contributed by atoms with Crippen molar-refractivity contribution in [3.8, 4) is 11.1 Å². The predicted octanol–water partition coefficient (Wildman–Crippen LogP) is 3.96. The molecule has 13 heteroatoms. The SMILES string of the molecule is CNc1cc(F)c(F)c2c1[nH]c1ncc(-c3cnc4c(c3)c(=O)c(C(=O)O)cn4NC)c(N3CCC4(CCCN4C)C3)c12. The summed E-state index contributed by atoms with van der Waals surface area (Å²) in [7, 11) is 5.36. The third kappa shape index (κ3) is 3.87. The number of aromatic amines is 1. The van der Waals surface area contributed by atoms with Gasteiger partial charge in [-0.15, -0.1) is 0 Å². The van der Waals surface area contributed by atoms with Crippen molar-refractivity contribution < 1.29 is 18.7 Å². The standard InChI is InChI=1S/C30H30F2N8O3/c1-33-20-10-19(31)23(32)21-22-25(39-8-6-30(14-39)5-4-7-38(30)3)17(12-35-27(22)37-24(20)21)15-9-16-26(41)18(29(42)43)13-40(34-2)28(16)36-11-15/h9-13,33-34H,4-8,14H2,1-3H3,(H,35,37)(H,42,43). The Morgan fingerprint density at radius 1 is 1.12 bits per heavy atom. The third-order valence-corrected chi connectivity index (χ3v) is 9.25. The van der Waals surface area contributed by atoms with Crippen LogP contribution in [-0.4, -0.2) is 81.9 Å². The predicted molar refractivity (Wildman–Crippen MR) is 162 cm³/mol. The normalized spacial score (nSPS) is 19.0. The number of fused-ring (bicyclic) bond motifs is 4. The van der Waals surface area contributed by atoms with E-state index in [4.69, 9.17) is 0 Å². The summed E-state index contributed by atoms with van der Waals surface area (Å²) in [5.41, 5.74) is 4.89. The summed E-state index contributed by atoms with van der Waals surface area (Å²) in [6, 6.07) is 2.71. The number of pyridine rings is 3. The molecule has 4 aromatic heterocycles. The maximum absolute atomic E-state index is 15.7. The Labute approximate surface area is 244 Å². The monoisotopic (exact) mass is 588 g/mol. The minimum atomic E-state index is -1.36. The summed E-state index contributed by atoms with van der Waals surface area (Å²) in [6.45, 7) is 2.34. The number of likely N-dealkylation sites (N-methyl/N-ethyl adjacent to an activating group) is 1. The van der Waals surface area contributed by atoms with E-state index in [1.807, 2.05) is 0 Å². The molecule has 0 saturated carbocycles. The molecule has 0 radical (unpaired) electrons. The van der Waals surface area contributed by atoms with Crippen LogP contribution in [0.3, 0.4) is 0 Å². The molecule has 2 aliphatic heterocycles. The Kier molecular flexibility index (Phi) is 6.06. The van der Waals surface area contributed by atoms with Gasteiger partial charge in [0.15, 0.2) is 17.3 Å². The second-order valence-corrected chi connectivity index (χ2v) is 11.4. The molecule has 5 aromatic rings. The summed E-state index contributed by atoms with van der Waals surface area (Å²) < 4.78 is 32.0. The van der Waals surface area contributed by atoms with Gasteiger partial charge in [0.25, 0.3) is 0 Å². The second-order valence-electron chi connectivity index (χ2n) is 11.4. The van der Waals surface area contributed by atoms with Gasteiger partial charge in [-0.25, -0.2) is 28.2 Å². The van der Waals surface area contributed by atoms with E-state index in [0.29, 0.717) is 52.1 Å². The Hall–Kier alpha value is -4.78. The van der Waals surface area contributed by atoms with Crippen molar-refractivity contribution in [3.05, 3.63) is 58.1 Å². The van der Waals surface area contributed by atoms with E-state index >= 15 is 4.39 Å². The average molecular weight is 589 g/mol. The van der Waals surface area contributed by atoms with Crippen molar-refractivity contribution in [2.45, 2.75) is 24.8 Å². The lowest BCUT2D eigenvalue weighted by Crippen LogP contribution is -2.43. The Morgan fingerprint density at radius 2 is 1.93 bits per heavy atom. The number of aromatic nitrogens is 4. The number of aromatic carboxylic acids is 1. The zero-order valence-corrected chi connectivity index (χ0v) is 23.9. The van der Waals surface area contributed by atoms with Gasteiger partial charge in [-0.3, -0.25) is 9.69 Å². The molecular formula is C30H30F2N8O3. The molecule has 1 atom stereocenters. The lowest BCUT2D eigenvalue weighted by molar-refractivity contribution is 0.0695. The fraction of sp³-hybridized carbons (Fsp3) is 0.333. The fourth-order valence-electron chi connectivity index (χ4n) is 7.00. The molecule has 43 heavy (non-hydrogen) atoms. The van der Waals surface area contributed by atoms with Crippen LogP contribution < -0.4 is 21.1 Å². The van der Waals surface area contributed by atoms with Gasteiger partial charge in [-0.2, -0.15) is 0 Å². The van der Waals surface area contributed by atoms with Gasteiger partial charge >= 0.3 is 5.97 Å². The molecule has 0 bridgehead atoms. The summed E-state index contributed by atoms with van der Waals surface area (Å²) in [5.74, 6) is -3.32. The molecule has 6 heterocycles. The average Bonchev–Trinajstić information content (AvgIpc) is 3.71. The maximum Gasteiger partial charge on any atom is 0.341 e. The molecule has 1 spiro atoms. The molecular weight excluding hydrogens is 558 g/mol. The molecule has 0 amide bonds. The van der Waals surface area contributed by atoms with Crippen LogP contribution in [0.5, 0.6) is 0 Å². The van der Waals surface area contributed by atoms with Gasteiger partial charge in [-0.05, 0) is 38.9 Å². The Bertz CT molecular complexity index is 2040. The summed E-state index contributed by atoms with van der Waals surface area (Å²) in [4.78, 5) is 42.1. The highest BCUT2D eigenvalue weighted by molar-refractivity contribution is 6.18. The summed E-state index contributed by atoms with van der Waals surface area (Å²) >= 11 is 0. The van der Waals surface area contributed by atoms with Crippen LogP contribution in [0.1, 0.15) is 29.6 Å². The first-order chi connectivity index (χ1) is 20.7. The Balaban J connectivity index is 1.54. The molecule has 11 nitrogen and oxygen atoms in total. The van der Waals surface area contributed by atoms with E-state index in [2.05, 4.69) is 42.5 Å². The number of hydrogen-bond acceptors (Lipinski definition) is 8. The second kappa shape index (κ2) is 9.63. The van der Waals surface area contributed by atoms with Crippen LogP contribution >= 0.6 is 0 Å². The number of carboxylic acids is 1. The highest BCUT2D eigenvalue weighted by Crippen LogP contribution is 2.47. The molecule has 2 saturated heterocycles. The number of nitrogens with one attached hydrogen (secondary N) is 3. The number of halogens is 2. The van der Waals surface area contributed by atoms with Crippen molar-refractivity contribution >= 4 is 50.3 Å². The van der Waals surface area contributed by atoms with Crippen LogP contribution in [0.2, 0.25) is 0 Å². The highest BCUT2D eigenvalue weighted by Gasteiger charge is 2.45. The number of nitrogens with zero attached hydrogens (tertiary/aromatic N) is 5. The van der Waals surface area contributed by atoms with E-state index < -0.39 is 28.6 Å². The smallest absolute Gasteiger partial charge is 0.341 e. The van der Waals surface area contributed by atoms with E-state index in [-0.39, 0.29) is 22.0 Å². The highest BCUT2D eigenvalue weighted by atomic mass is 19.2. The van der Waals surface area contributed by atoms with Gasteiger partial charge < -0.3 is 25.7 Å². The van der Waals surface area contributed by atoms with Crippen molar-refractivity contribution in [1.82, 2.24) is 24.5 Å². The van der Waals surface area contributed by atoms with Crippen LogP contribution in [-0.2, 0) is 0 Å². The fourth-order valence-corrected chi connectivity index (χ4v) is 7.00. The van der Waals surface area contributed by atoms with Crippen LogP contribution in [0.15, 0.2) is 35.5 Å². The van der Waals surface area contributed by atoms with E-state index in [1.54, 1.807) is 32.6 Å². The van der Waals surface area contributed by atoms with Gasteiger partial charge in [0.2, 0.25) is 5.43 Å². The molecule has 2 aliphatic rings. The van der Waals surface area contributed by atoms with Gasteiger partial charge in [-0.1, -0.05) is 0 Å². The molecule has 2 fully saturated rings. The number of likely N-dealkylation sites (tertiary alicyclic amines) is 1. The minimum absolute atomic E-state index is 0.0442. The zero-order valence-electron chi connectivity index (χ0n) is 23.9. The van der Waals surface area contributed by atoms with Gasteiger partial charge in [0, 0.05) is 68.5 Å². The zero-order chi connectivity index (χ0) is 30.2. The Morgan fingerprint density at radius 3 is 2.63 bits per heavy atom. The number of benzene rings is 1. The molecule has 0 aliphatic carbocycles. The van der Waals surface area contributed by atoms with E-state index in [9.17, 15) is 19.1 Å². The van der Waals surface area contributed by atoms with Crippen molar-refractivity contribution in [1.29, 1.82) is 0 Å². The first kappa shape index (κ1) is 27.1. The lowest BCUT2D eigenvalue weighted by atomic mass is 9.95. The van der Waals surface area contributed by atoms with Gasteiger partial charge in [0.1, 0.15) is 11.2 Å². The third-order valence-electron chi connectivity index (χ3n) is 9.25. The molecule has 4 N–H and O–H groups in total. The summed E-state index contributed by atoms with van der Waals surface area (Å²) in [5, 5.41) is 13.2. The quantitative estimate of drug-likeness (QED) is 0.241. The first-order valence-electron chi connectivity index (χ1n) is 14.1. The maximum atomic E-state index is 15.7. The molecule has 1 aromatic carbocycles. The molecule has 7 rings (SSSR count). The van der Waals surface area contributed by atoms with Crippen LogP contribution in [0, 0.1) is 11.6 Å². The number of rotatable bonds is 5. The molecule has 222 valence electrons. The topological polar surface area (TPSA) is 131 Å². The van der Waals surface area contributed by atoms with E-state index in [0.717, 1.165) is 31.9 Å². The number of anilines is 2. The molecule has 1 unspecified atom stereocenters. The van der Waals surface area contributed by atoms with Crippen molar-refractivity contribution in [3.63, 3.8) is 0 Å².